The Morgan fingerprint density at radius 2 is 0.717 bits per heavy atom. The van der Waals surface area contributed by atoms with Crippen LogP contribution in [0.25, 0.3) is 130 Å². The van der Waals surface area contributed by atoms with Gasteiger partial charge in [-0.15, -0.1) is 11.3 Å². The van der Waals surface area contributed by atoms with Crippen molar-refractivity contribution >= 4 is 96.5 Å². The Bertz CT molecular complexity index is 3590. The highest BCUT2D eigenvalue weighted by Crippen LogP contribution is 2.46. The molecule has 60 heavy (non-hydrogen) atoms. The van der Waals surface area contributed by atoms with E-state index in [1.54, 1.807) is 0 Å². The predicted octanol–water partition coefficient (Wildman–Crippen LogP) is 17.2. The van der Waals surface area contributed by atoms with Crippen molar-refractivity contribution in [3.63, 3.8) is 0 Å². The lowest BCUT2D eigenvalue weighted by molar-refractivity contribution is 0.669. The number of benzene rings is 11. The number of furan rings is 1. The summed E-state index contributed by atoms with van der Waals surface area (Å²) >= 11 is 1.88. The molecule has 0 bridgehead atoms. The van der Waals surface area contributed by atoms with Crippen LogP contribution in [0.1, 0.15) is 0 Å². The summed E-state index contributed by atoms with van der Waals surface area (Å²) in [4.78, 5) is 0. The van der Waals surface area contributed by atoms with E-state index in [4.69, 9.17) is 4.42 Å². The number of thiophene rings is 1. The van der Waals surface area contributed by atoms with E-state index >= 15 is 0 Å². The molecule has 2 heterocycles. The smallest absolute Gasteiger partial charge is 0.136 e. The van der Waals surface area contributed by atoms with E-state index in [1.165, 1.54) is 113 Å². The van der Waals surface area contributed by atoms with Crippen molar-refractivity contribution in [1.29, 1.82) is 0 Å². The standard InChI is InChI=1S/C58H34OS/c1-3-17-43-35(11-1)23-28-52-57(43)49-33-39(24-27-51(49)59-52)37-13-9-15-41(31-37)55-45-19-5-7-21-47(45)56(48-22-8-6-20-46(48)55)42-16-10-14-38(32-42)40-26-29-53-50(34-40)58-44-18-4-2-12-36(44)25-30-54(58)60-53/h1-34H. The number of rotatable bonds is 4. The van der Waals surface area contributed by atoms with Gasteiger partial charge >= 0.3 is 0 Å². The molecule has 0 saturated carbocycles. The molecular formula is C58H34OS. The Balaban J connectivity index is 0.967. The highest BCUT2D eigenvalue weighted by molar-refractivity contribution is 7.26. The number of fused-ring (bicyclic) bond motifs is 12. The summed E-state index contributed by atoms with van der Waals surface area (Å²) in [6.45, 7) is 0. The minimum absolute atomic E-state index is 0.909. The monoisotopic (exact) mass is 778 g/mol. The molecule has 0 aliphatic heterocycles. The Morgan fingerprint density at radius 3 is 1.33 bits per heavy atom. The van der Waals surface area contributed by atoms with Gasteiger partial charge in [-0.25, -0.2) is 0 Å². The van der Waals surface area contributed by atoms with Gasteiger partial charge in [-0.3, -0.25) is 0 Å². The molecular weight excluding hydrogens is 745 g/mol. The summed E-state index contributed by atoms with van der Waals surface area (Å²) in [5, 5.41) is 15.0. The number of hydrogen-bond donors (Lipinski definition) is 0. The second-order valence-corrected chi connectivity index (χ2v) is 17.0. The van der Waals surface area contributed by atoms with Gasteiger partial charge in [0.2, 0.25) is 0 Å². The predicted molar refractivity (Wildman–Crippen MR) is 258 cm³/mol. The van der Waals surface area contributed by atoms with Crippen molar-refractivity contribution < 1.29 is 4.42 Å². The Labute approximate surface area is 350 Å². The van der Waals surface area contributed by atoms with Gasteiger partial charge in [-0.1, -0.05) is 158 Å². The van der Waals surface area contributed by atoms with Crippen LogP contribution in [0.5, 0.6) is 0 Å². The first-order valence-electron chi connectivity index (χ1n) is 20.6. The first kappa shape index (κ1) is 33.5. The van der Waals surface area contributed by atoms with Gasteiger partial charge in [0.25, 0.3) is 0 Å². The number of hydrogen-bond acceptors (Lipinski definition) is 2. The Kier molecular flexibility index (Phi) is 7.24. The fraction of sp³-hybridized carbons (Fsp3) is 0. The van der Waals surface area contributed by atoms with E-state index in [0.29, 0.717) is 0 Å². The molecule has 0 saturated heterocycles. The fourth-order valence-corrected chi connectivity index (χ4v) is 11.0. The van der Waals surface area contributed by atoms with Crippen LogP contribution >= 0.6 is 11.3 Å². The van der Waals surface area contributed by atoms with Gasteiger partial charge in [0.05, 0.1) is 0 Å². The second-order valence-electron chi connectivity index (χ2n) is 15.9. The molecule has 0 N–H and O–H groups in total. The first-order valence-corrected chi connectivity index (χ1v) is 21.4. The molecule has 0 amide bonds. The minimum atomic E-state index is 0.909. The highest BCUT2D eigenvalue weighted by atomic mass is 32.1. The molecule has 0 spiro atoms. The van der Waals surface area contributed by atoms with Gasteiger partial charge in [-0.05, 0) is 136 Å². The van der Waals surface area contributed by atoms with Crippen LogP contribution in [0.4, 0.5) is 0 Å². The normalized spacial score (nSPS) is 12.0. The summed E-state index contributed by atoms with van der Waals surface area (Å²) in [6, 6.07) is 75.9. The molecule has 13 aromatic rings. The molecule has 1 nitrogen and oxygen atoms in total. The van der Waals surface area contributed by atoms with Gasteiger partial charge in [0.15, 0.2) is 0 Å². The van der Waals surface area contributed by atoms with Gasteiger partial charge in [0, 0.05) is 30.9 Å². The summed E-state index contributed by atoms with van der Waals surface area (Å²) in [5.41, 5.74) is 11.6. The van der Waals surface area contributed by atoms with Crippen molar-refractivity contribution in [3.8, 4) is 44.5 Å². The topological polar surface area (TPSA) is 13.1 Å². The second kappa shape index (κ2) is 13.0. The lowest BCUT2D eigenvalue weighted by Crippen LogP contribution is -1.91. The van der Waals surface area contributed by atoms with Crippen LogP contribution < -0.4 is 0 Å². The molecule has 0 atom stereocenters. The first-order chi connectivity index (χ1) is 29.7. The van der Waals surface area contributed by atoms with Crippen LogP contribution in [0.3, 0.4) is 0 Å². The molecule has 0 aliphatic carbocycles. The molecule has 278 valence electrons. The maximum absolute atomic E-state index is 6.36. The molecule has 0 unspecified atom stereocenters. The Morgan fingerprint density at radius 1 is 0.267 bits per heavy atom. The Hall–Kier alpha value is -7.52. The third-order valence-electron chi connectivity index (χ3n) is 12.6. The van der Waals surface area contributed by atoms with Crippen LogP contribution in [0, 0.1) is 0 Å². The minimum Gasteiger partial charge on any atom is -0.456 e. The van der Waals surface area contributed by atoms with Crippen molar-refractivity contribution in [2.45, 2.75) is 0 Å². The summed E-state index contributed by atoms with van der Waals surface area (Å²) in [7, 11) is 0. The zero-order valence-electron chi connectivity index (χ0n) is 32.4. The average Bonchev–Trinajstić information content (AvgIpc) is 3.89. The average molecular weight is 779 g/mol. The quantitative estimate of drug-likeness (QED) is 0.162. The zero-order valence-corrected chi connectivity index (χ0v) is 33.3. The van der Waals surface area contributed by atoms with Crippen LogP contribution in [-0.4, -0.2) is 0 Å². The third kappa shape index (κ3) is 5.05. The lowest BCUT2D eigenvalue weighted by Gasteiger charge is -2.18. The van der Waals surface area contributed by atoms with E-state index < -0.39 is 0 Å². The van der Waals surface area contributed by atoms with Crippen molar-refractivity contribution in [3.05, 3.63) is 206 Å². The maximum Gasteiger partial charge on any atom is 0.136 e. The van der Waals surface area contributed by atoms with E-state index in [-0.39, 0.29) is 0 Å². The van der Waals surface area contributed by atoms with Crippen LogP contribution in [0.2, 0.25) is 0 Å². The molecule has 11 aromatic carbocycles. The van der Waals surface area contributed by atoms with Gasteiger partial charge < -0.3 is 4.42 Å². The third-order valence-corrected chi connectivity index (χ3v) is 13.8. The van der Waals surface area contributed by atoms with E-state index in [2.05, 4.69) is 206 Å². The lowest BCUT2D eigenvalue weighted by atomic mass is 9.85. The van der Waals surface area contributed by atoms with E-state index in [1.807, 2.05) is 11.3 Å². The summed E-state index contributed by atoms with van der Waals surface area (Å²) in [6.07, 6.45) is 0. The molecule has 0 fully saturated rings. The molecule has 2 aromatic heterocycles. The van der Waals surface area contributed by atoms with Gasteiger partial charge in [0.1, 0.15) is 11.2 Å². The summed E-state index contributed by atoms with van der Waals surface area (Å²) < 4.78 is 9.02. The van der Waals surface area contributed by atoms with Crippen LogP contribution in [-0.2, 0) is 0 Å². The van der Waals surface area contributed by atoms with Crippen molar-refractivity contribution in [2.75, 3.05) is 0 Å². The highest BCUT2D eigenvalue weighted by Gasteiger charge is 2.19. The molecule has 0 radical (unpaired) electrons. The maximum atomic E-state index is 6.36. The van der Waals surface area contributed by atoms with Crippen molar-refractivity contribution in [1.82, 2.24) is 0 Å². The fourth-order valence-electron chi connectivity index (χ4n) is 9.91. The van der Waals surface area contributed by atoms with Gasteiger partial charge in [-0.2, -0.15) is 0 Å². The largest absolute Gasteiger partial charge is 0.456 e. The molecule has 0 aliphatic rings. The van der Waals surface area contributed by atoms with E-state index in [9.17, 15) is 0 Å². The van der Waals surface area contributed by atoms with Crippen molar-refractivity contribution in [2.24, 2.45) is 0 Å². The molecule has 13 rings (SSSR count). The summed E-state index contributed by atoms with van der Waals surface area (Å²) in [5.74, 6) is 0. The SMILES string of the molecule is c1cc(-c2ccc3oc4ccc5ccccc5c4c3c2)cc(-c2c3ccccc3c(-c3cccc(-c4ccc5sc6ccc7ccccc7c6c5c4)c3)c3ccccc23)c1. The van der Waals surface area contributed by atoms with E-state index in [0.717, 1.165) is 16.6 Å². The zero-order chi connectivity index (χ0) is 39.3. The molecule has 2 heteroatoms. The van der Waals surface area contributed by atoms with Crippen LogP contribution in [0.15, 0.2) is 211 Å².